The molecule has 104 valence electrons. The first-order valence-electron chi connectivity index (χ1n) is 7.66. The van der Waals surface area contributed by atoms with Crippen molar-refractivity contribution in [1.82, 2.24) is 5.32 Å². The Hall–Kier alpha value is -1.02. The van der Waals surface area contributed by atoms with Gasteiger partial charge in [0.1, 0.15) is 5.75 Å². The summed E-state index contributed by atoms with van der Waals surface area (Å²) < 4.78 is 5.35. The summed E-state index contributed by atoms with van der Waals surface area (Å²) in [6, 6.07) is 7.07. The molecule has 1 aromatic rings. The monoisotopic (exact) mass is 259 g/mol. The van der Waals surface area contributed by atoms with Crippen LogP contribution in [0.15, 0.2) is 18.2 Å². The summed E-state index contributed by atoms with van der Waals surface area (Å²) in [6.45, 7) is 3.57. The average molecular weight is 259 g/mol. The minimum absolute atomic E-state index is 0.543. The molecule has 2 aliphatic rings. The molecule has 3 unspecified atom stereocenters. The van der Waals surface area contributed by atoms with Crippen molar-refractivity contribution in [2.24, 2.45) is 11.8 Å². The summed E-state index contributed by atoms with van der Waals surface area (Å²) in [7, 11) is 1.75. The van der Waals surface area contributed by atoms with E-state index in [1.807, 2.05) is 0 Å². The van der Waals surface area contributed by atoms with Gasteiger partial charge in [-0.2, -0.15) is 0 Å². The lowest BCUT2D eigenvalue weighted by atomic mass is 10.0. The number of aryl methyl sites for hydroxylation is 1. The molecule has 0 bridgehead atoms. The van der Waals surface area contributed by atoms with Crippen LogP contribution in [0.25, 0.3) is 0 Å². The van der Waals surface area contributed by atoms with E-state index in [0.29, 0.717) is 6.04 Å². The molecule has 1 N–H and O–H groups in total. The average Bonchev–Trinajstić information content (AvgIpc) is 3.02. The highest BCUT2D eigenvalue weighted by Crippen LogP contribution is 2.35. The van der Waals surface area contributed by atoms with Crippen LogP contribution >= 0.6 is 0 Å². The maximum atomic E-state index is 5.35. The van der Waals surface area contributed by atoms with Crippen molar-refractivity contribution in [3.05, 3.63) is 29.3 Å². The van der Waals surface area contributed by atoms with Crippen molar-refractivity contribution in [2.45, 2.75) is 45.1 Å². The highest BCUT2D eigenvalue weighted by atomic mass is 16.5. The number of ether oxygens (including phenoxy) is 1. The van der Waals surface area contributed by atoms with E-state index < -0.39 is 0 Å². The highest BCUT2D eigenvalue weighted by molar-refractivity contribution is 5.40. The molecule has 0 saturated heterocycles. The van der Waals surface area contributed by atoms with E-state index in [-0.39, 0.29) is 0 Å². The Bertz CT molecular complexity index is 443. The van der Waals surface area contributed by atoms with Gasteiger partial charge in [-0.1, -0.05) is 19.4 Å². The van der Waals surface area contributed by atoms with Crippen LogP contribution in [0, 0.1) is 11.8 Å². The van der Waals surface area contributed by atoms with E-state index in [9.17, 15) is 0 Å². The molecule has 0 radical (unpaired) electrons. The zero-order chi connectivity index (χ0) is 13.2. The van der Waals surface area contributed by atoms with Crippen LogP contribution in [0.1, 0.15) is 49.8 Å². The summed E-state index contributed by atoms with van der Waals surface area (Å²) in [5, 5.41) is 3.80. The smallest absolute Gasteiger partial charge is 0.119 e. The van der Waals surface area contributed by atoms with E-state index in [0.717, 1.165) is 17.6 Å². The minimum atomic E-state index is 0.543. The van der Waals surface area contributed by atoms with Gasteiger partial charge in [0, 0.05) is 6.04 Å². The third kappa shape index (κ3) is 2.79. The number of hydrogen-bond donors (Lipinski definition) is 1. The van der Waals surface area contributed by atoms with E-state index in [2.05, 4.69) is 30.4 Å². The van der Waals surface area contributed by atoms with Crippen LogP contribution in [0.4, 0.5) is 0 Å². The number of fused-ring (bicyclic) bond motifs is 1. The first-order chi connectivity index (χ1) is 9.26. The molecule has 1 fully saturated rings. The number of nitrogens with one attached hydrogen (secondary N) is 1. The van der Waals surface area contributed by atoms with Gasteiger partial charge in [-0.15, -0.1) is 0 Å². The summed E-state index contributed by atoms with van der Waals surface area (Å²) in [5.41, 5.74) is 2.96. The second kappa shape index (κ2) is 5.54. The molecule has 2 nitrogen and oxygen atoms in total. The highest BCUT2D eigenvalue weighted by Gasteiger charge is 2.25. The fourth-order valence-corrected chi connectivity index (χ4v) is 3.74. The quantitative estimate of drug-likeness (QED) is 0.890. The molecule has 3 atom stereocenters. The standard InChI is InChI=1S/C17H25NO/c1-12-3-4-13(9-12)11-18-17-8-6-14-5-7-15(19-2)10-16(14)17/h5,7,10,12-13,17-18H,3-4,6,8-9,11H2,1-2H3. The van der Waals surface area contributed by atoms with Gasteiger partial charge in [0.15, 0.2) is 0 Å². The van der Waals surface area contributed by atoms with Crippen molar-refractivity contribution in [3.8, 4) is 5.75 Å². The lowest BCUT2D eigenvalue weighted by Gasteiger charge is -2.18. The van der Waals surface area contributed by atoms with Crippen LogP contribution in [0.5, 0.6) is 5.75 Å². The van der Waals surface area contributed by atoms with E-state index in [1.54, 1.807) is 7.11 Å². The first-order valence-corrected chi connectivity index (χ1v) is 7.66. The topological polar surface area (TPSA) is 21.3 Å². The Balaban J connectivity index is 1.62. The van der Waals surface area contributed by atoms with Crippen LogP contribution in [0.2, 0.25) is 0 Å². The predicted molar refractivity (Wildman–Crippen MR) is 78.6 cm³/mol. The van der Waals surface area contributed by atoms with E-state index >= 15 is 0 Å². The summed E-state index contributed by atoms with van der Waals surface area (Å²) in [6.07, 6.45) is 6.68. The van der Waals surface area contributed by atoms with E-state index in [1.165, 1.54) is 49.8 Å². The zero-order valence-corrected chi connectivity index (χ0v) is 12.1. The molecule has 0 aromatic heterocycles. The van der Waals surface area contributed by atoms with Gasteiger partial charge in [0.25, 0.3) is 0 Å². The molecule has 0 aliphatic heterocycles. The normalized spacial score (nSPS) is 29.5. The molecular weight excluding hydrogens is 234 g/mol. The van der Waals surface area contributed by atoms with Gasteiger partial charge in [-0.05, 0) is 67.3 Å². The second-order valence-electron chi connectivity index (χ2n) is 6.35. The molecule has 2 heteroatoms. The molecule has 1 aromatic carbocycles. The molecule has 0 amide bonds. The third-order valence-electron chi connectivity index (χ3n) is 4.89. The van der Waals surface area contributed by atoms with Gasteiger partial charge >= 0.3 is 0 Å². The Morgan fingerprint density at radius 2 is 2.16 bits per heavy atom. The summed E-state index contributed by atoms with van der Waals surface area (Å²) >= 11 is 0. The number of methoxy groups -OCH3 is 1. The van der Waals surface area contributed by atoms with E-state index in [4.69, 9.17) is 4.74 Å². The van der Waals surface area contributed by atoms with Crippen molar-refractivity contribution >= 4 is 0 Å². The van der Waals surface area contributed by atoms with Crippen molar-refractivity contribution in [1.29, 1.82) is 0 Å². The Labute approximate surface area is 116 Å². The maximum Gasteiger partial charge on any atom is 0.119 e. The summed E-state index contributed by atoms with van der Waals surface area (Å²) in [5.74, 6) is 2.81. The molecule has 0 spiro atoms. The maximum absolute atomic E-state index is 5.35. The van der Waals surface area contributed by atoms with Gasteiger partial charge in [0.05, 0.1) is 7.11 Å². The molecule has 0 heterocycles. The van der Waals surface area contributed by atoms with Gasteiger partial charge in [-0.3, -0.25) is 0 Å². The SMILES string of the molecule is COc1ccc2c(c1)C(NCC1CCC(C)C1)CC2. The van der Waals surface area contributed by atoms with Gasteiger partial charge in [-0.25, -0.2) is 0 Å². The Morgan fingerprint density at radius 3 is 2.89 bits per heavy atom. The number of hydrogen-bond acceptors (Lipinski definition) is 2. The number of rotatable bonds is 4. The van der Waals surface area contributed by atoms with Crippen molar-refractivity contribution in [2.75, 3.05) is 13.7 Å². The zero-order valence-electron chi connectivity index (χ0n) is 12.1. The predicted octanol–water partition coefficient (Wildman–Crippen LogP) is 3.71. The fourth-order valence-electron chi connectivity index (χ4n) is 3.74. The van der Waals surface area contributed by atoms with Gasteiger partial charge in [0.2, 0.25) is 0 Å². The van der Waals surface area contributed by atoms with Crippen LogP contribution < -0.4 is 10.1 Å². The molecule has 19 heavy (non-hydrogen) atoms. The van der Waals surface area contributed by atoms with Crippen LogP contribution in [-0.2, 0) is 6.42 Å². The van der Waals surface area contributed by atoms with Gasteiger partial charge < -0.3 is 10.1 Å². The third-order valence-corrected chi connectivity index (χ3v) is 4.89. The second-order valence-corrected chi connectivity index (χ2v) is 6.35. The molecule has 1 saturated carbocycles. The Morgan fingerprint density at radius 1 is 1.26 bits per heavy atom. The van der Waals surface area contributed by atoms with Crippen LogP contribution in [0.3, 0.4) is 0 Å². The number of benzene rings is 1. The van der Waals surface area contributed by atoms with Crippen LogP contribution in [-0.4, -0.2) is 13.7 Å². The fraction of sp³-hybridized carbons (Fsp3) is 0.647. The molecule has 2 aliphatic carbocycles. The Kier molecular flexibility index (Phi) is 3.79. The van der Waals surface area contributed by atoms with Crippen molar-refractivity contribution in [3.63, 3.8) is 0 Å². The van der Waals surface area contributed by atoms with Crippen molar-refractivity contribution < 1.29 is 4.74 Å². The molecular formula is C17H25NO. The first kappa shape index (κ1) is 13.0. The minimum Gasteiger partial charge on any atom is -0.497 e. The lowest BCUT2D eigenvalue weighted by Crippen LogP contribution is -2.25. The molecule has 3 rings (SSSR count). The largest absolute Gasteiger partial charge is 0.497 e. The summed E-state index contributed by atoms with van der Waals surface area (Å²) in [4.78, 5) is 0. The lowest BCUT2D eigenvalue weighted by molar-refractivity contribution is 0.410.